The van der Waals surface area contributed by atoms with Crippen LogP contribution in [0.1, 0.15) is 6.42 Å². The van der Waals surface area contributed by atoms with Crippen LogP contribution in [-0.4, -0.2) is 47.3 Å². The molecule has 0 unspecified atom stereocenters. The summed E-state index contributed by atoms with van der Waals surface area (Å²) in [6.07, 6.45) is 3.10. The van der Waals surface area contributed by atoms with Crippen molar-refractivity contribution >= 4 is 15.9 Å². The Bertz CT molecular complexity index is 696. The molecule has 2 fully saturated rings. The van der Waals surface area contributed by atoms with E-state index in [2.05, 4.69) is 30.4 Å². The number of likely N-dealkylation sites (tertiary alicyclic amines) is 1. The van der Waals surface area contributed by atoms with Crippen molar-refractivity contribution in [3.63, 3.8) is 0 Å². The predicted octanol–water partition coefficient (Wildman–Crippen LogP) is 3.17. The SMILES string of the molecule is Fc1ccc(-c2ncn(CCN3CCC4(COC4)C3)c2Br)cc1. The van der Waals surface area contributed by atoms with Crippen LogP contribution in [0.25, 0.3) is 11.3 Å². The van der Waals surface area contributed by atoms with Gasteiger partial charge in [0.05, 0.1) is 19.5 Å². The first kappa shape index (κ1) is 15.3. The lowest BCUT2D eigenvalue weighted by atomic mass is 9.85. The van der Waals surface area contributed by atoms with Gasteiger partial charge < -0.3 is 14.2 Å². The molecule has 0 aliphatic carbocycles. The van der Waals surface area contributed by atoms with Crippen LogP contribution >= 0.6 is 15.9 Å². The van der Waals surface area contributed by atoms with Crippen LogP contribution in [0.3, 0.4) is 0 Å². The van der Waals surface area contributed by atoms with Crippen molar-refractivity contribution < 1.29 is 9.13 Å². The second-order valence-corrected chi connectivity index (χ2v) is 7.35. The quantitative estimate of drug-likeness (QED) is 0.817. The second kappa shape index (κ2) is 6.00. The smallest absolute Gasteiger partial charge is 0.123 e. The summed E-state index contributed by atoms with van der Waals surface area (Å²) >= 11 is 3.63. The Balaban J connectivity index is 1.41. The van der Waals surface area contributed by atoms with Gasteiger partial charge in [0.15, 0.2) is 0 Å². The average molecular weight is 380 g/mol. The molecule has 0 N–H and O–H groups in total. The van der Waals surface area contributed by atoms with E-state index >= 15 is 0 Å². The number of imidazole rings is 1. The van der Waals surface area contributed by atoms with Crippen LogP contribution in [0.4, 0.5) is 4.39 Å². The molecular formula is C17H19BrFN3O. The lowest BCUT2D eigenvalue weighted by Gasteiger charge is -2.37. The Morgan fingerprint density at radius 1 is 1.22 bits per heavy atom. The highest BCUT2D eigenvalue weighted by Gasteiger charge is 2.44. The zero-order valence-electron chi connectivity index (χ0n) is 12.8. The highest BCUT2D eigenvalue weighted by atomic mass is 79.9. The molecule has 6 heteroatoms. The molecule has 1 aromatic heterocycles. The van der Waals surface area contributed by atoms with Gasteiger partial charge >= 0.3 is 0 Å². The lowest BCUT2D eigenvalue weighted by Crippen LogP contribution is -2.44. The number of aromatic nitrogens is 2. The third kappa shape index (κ3) is 2.95. The van der Waals surface area contributed by atoms with Gasteiger partial charge in [0.25, 0.3) is 0 Å². The van der Waals surface area contributed by atoms with Gasteiger partial charge in [0, 0.05) is 30.6 Å². The van der Waals surface area contributed by atoms with Crippen LogP contribution < -0.4 is 0 Å². The molecule has 2 aliphatic rings. The largest absolute Gasteiger partial charge is 0.380 e. The minimum Gasteiger partial charge on any atom is -0.380 e. The highest BCUT2D eigenvalue weighted by Crippen LogP contribution is 2.37. The molecule has 2 saturated heterocycles. The van der Waals surface area contributed by atoms with Crippen molar-refractivity contribution in [1.82, 2.24) is 14.5 Å². The van der Waals surface area contributed by atoms with Crippen molar-refractivity contribution in [3.8, 4) is 11.3 Å². The Morgan fingerprint density at radius 2 is 2.00 bits per heavy atom. The zero-order valence-corrected chi connectivity index (χ0v) is 14.4. The normalized spacial score (nSPS) is 20.1. The van der Waals surface area contributed by atoms with E-state index in [4.69, 9.17) is 4.74 Å². The number of hydrogen-bond acceptors (Lipinski definition) is 3. The molecule has 0 bridgehead atoms. The first-order valence-corrected chi connectivity index (χ1v) is 8.71. The number of hydrogen-bond donors (Lipinski definition) is 0. The fourth-order valence-electron chi connectivity index (χ4n) is 3.42. The Labute approximate surface area is 143 Å². The summed E-state index contributed by atoms with van der Waals surface area (Å²) in [5.74, 6) is -0.229. The fourth-order valence-corrected chi connectivity index (χ4v) is 4.02. The number of ether oxygens (including phenoxy) is 1. The monoisotopic (exact) mass is 379 g/mol. The molecule has 4 nitrogen and oxygen atoms in total. The summed E-state index contributed by atoms with van der Waals surface area (Å²) in [4.78, 5) is 6.98. The van der Waals surface area contributed by atoms with E-state index in [-0.39, 0.29) is 5.82 Å². The van der Waals surface area contributed by atoms with Crippen molar-refractivity contribution in [2.24, 2.45) is 5.41 Å². The molecule has 3 heterocycles. The van der Waals surface area contributed by atoms with Gasteiger partial charge in [-0.25, -0.2) is 9.37 Å². The van der Waals surface area contributed by atoms with Crippen LogP contribution in [0.2, 0.25) is 0 Å². The number of nitrogens with zero attached hydrogens (tertiary/aromatic N) is 3. The fraction of sp³-hybridized carbons (Fsp3) is 0.471. The van der Waals surface area contributed by atoms with Crippen molar-refractivity contribution in [3.05, 3.63) is 41.0 Å². The maximum atomic E-state index is 13.0. The van der Waals surface area contributed by atoms with Crippen molar-refractivity contribution in [2.45, 2.75) is 13.0 Å². The number of halogens is 2. The van der Waals surface area contributed by atoms with Gasteiger partial charge in [0.1, 0.15) is 16.1 Å². The second-order valence-electron chi connectivity index (χ2n) is 6.60. The third-order valence-corrected chi connectivity index (χ3v) is 5.71. The van der Waals surface area contributed by atoms with Gasteiger partial charge in [0.2, 0.25) is 0 Å². The Kier molecular flexibility index (Phi) is 3.99. The molecule has 23 heavy (non-hydrogen) atoms. The topological polar surface area (TPSA) is 30.3 Å². The molecule has 4 rings (SSSR count). The molecule has 0 amide bonds. The van der Waals surface area contributed by atoms with Crippen LogP contribution in [-0.2, 0) is 11.3 Å². The van der Waals surface area contributed by atoms with Crippen LogP contribution in [0, 0.1) is 11.2 Å². The van der Waals surface area contributed by atoms with E-state index in [0.29, 0.717) is 5.41 Å². The first-order valence-electron chi connectivity index (χ1n) is 7.92. The molecular weight excluding hydrogens is 361 g/mol. The summed E-state index contributed by atoms with van der Waals surface area (Å²) < 4.78 is 21.5. The van der Waals surface area contributed by atoms with Crippen LogP contribution in [0.5, 0.6) is 0 Å². The summed E-state index contributed by atoms with van der Waals surface area (Å²) in [6, 6.07) is 6.44. The van der Waals surface area contributed by atoms with Crippen molar-refractivity contribution in [2.75, 3.05) is 32.8 Å². The summed E-state index contributed by atoms with van der Waals surface area (Å²) in [5.41, 5.74) is 2.21. The predicted molar refractivity (Wildman–Crippen MR) is 89.6 cm³/mol. The van der Waals surface area contributed by atoms with Gasteiger partial charge in [-0.15, -0.1) is 0 Å². The van der Waals surface area contributed by atoms with Crippen molar-refractivity contribution in [1.29, 1.82) is 0 Å². The van der Waals surface area contributed by atoms with E-state index in [1.165, 1.54) is 18.6 Å². The summed E-state index contributed by atoms with van der Waals surface area (Å²) in [7, 11) is 0. The Hall–Kier alpha value is -1.24. The molecule has 2 aromatic rings. The van der Waals surface area contributed by atoms with E-state index < -0.39 is 0 Å². The highest BCUT2D eigenvalue weighted by molar-refractivity contribution is 9.10. The maximum Gasteiger partial charge on any atom is 0.123 e. The van der Waals surface area contributed by atoms with E-state index in [0.717, 1.165) is 55.3 Å². The molecule has 2 aliphatic heterocycles. The molecule has 0 saturated carbocycles. The number of benzene rings is 1. The summed E-state index contributed by atoms with van der Waals surface area (Å²) in [5, 5.41) is 0. The average Bonchev–Trinajstić information content (AvgIpc) is 3.10. The van der Waals surface area contributed by atoms with Gasteiger partial charge in [-0.05, 0) is 53.2 Å². The third-order valence-electron chi connectivity index (χ3n) is 4.88. The van der Waals surface area contributed by atoms with Gasteiger partial charge in [-0.2, -0.15) is 0 Å². The summed E-state index contributed by atoms with van der Waals surface area (Å²) in [6.45, 7) is 6.05. The lowest BCUT2D eigenvalue weighted by molar-refractivity contribution is -0.105. The first-order chi connectivity index (χ1) is 11.2. The van der Waals surface area contributed by atoms with Gasteiger partial charge in [-0.1, -0.05) is 0 Å². The van der Waals surface area contributed by atoms with E-state index in [9.17, 15) is 4.39 Å². The molecule has 122 valence electrons. The Morgan fingerprint density at radius 3 is 2.65 bits per heavy atom. The standard InChI is InChI=1S/C17H19BrFN3O/c18-16-15(13-1-3-14(19)4-2-13)20-12-22(16)8-7-21-6-5-17(9-21)10-23-11-17/h1-4,12H,5-11H2. The zero-order chi connectivity index (χ0) is 15.9. The maximum absolute atomic E-state index is 13.0. The minimum atomic E-state index is -0.229. The van der Waals surface area contributed by atoms with E-state index in [1.54, 1.807) is 12.1 Å². The minimum absolute atomic E-state index is 0.229. The van der Waals surface area contributed by atoms with Crippen LogP contribution in [0.15, 0.2) is 35.2 Å². The van der Waals surface area contributed by atoms with Gasteiger partial charge in [-0.3, -0.25) is 0 Å². The van der Waals surface area contributed by atoms with E-state index in [1.807, 2.05) is 6.33 Å². The molecule has 1 spiro atoms. The molecule has 1 aromatic carbocycles. The number of rotatable bonds is 4. The molecule has 0 radical (unpaired) electrons. The molecule has 0 atom stereocenters.